The molecule has 0 aromatic carbocycles. The molecule has 1 aromatic rings. The highest BCUT2D eigenvalue weighted by Gasteiger charge is 2.26. The van der Waals surface area contributed by atoms with Crippen LogP contribution in [0, 0.1) is 0 Å². The number of aromatic nitrogens is 2. The maximum atomic E-state index is 12.0. The molecule has 2 amide bonds. The number of aliphatic hydroxyl groups excluding tert-OH is 1. The fourth-order valence-electron chi connectivity index (χ4n) is 2.20. The van der Waals surface area contributed by atoms with Gasteiger partial charge in [-0.05, 0) is 19.8 Å². The fraction of sp³-hybridized carbons (Fsp3) is 0.600. The topological polar surface area (TPSA) is 245 Å². The molecule has 1 rings (SSSR count). The summed E-state index contributed by atoms with van der Waals surface area (Å²) >= 11 is 0. The normalized spacial score (nSPS) is 13.8. The zero-order valence-electron chi connectivity index (χ0n) is 15.9. The van der Waals surface area contributed by atoms with Crippen molar-refractivity contribution in [3.63, 3.8) is 0 Å². The number of hydrogen-bond donors (Lipinski definition) is 7. The number of carboxylic acids is 1. The number of ketones is 1. The van der Waals surface area contributed by atoms with Gasteiger partial charge in [-0.3, -0.25) is 14.6 Å². The zero-order valence-corrected chi connectivity index (χ0v) is 15.9. The van der Waals surface area contributed by atoms with Crippen molar-refractivity contribution in [2.45, 2.75) is 44.3 Å². The Hall–Kier alpha value is -3.26. The number of urea groups is 1. The van der Waals surface area contributed by atoms with Gasteiger partial charge in [0.25, 0.3) is 0 Å². The van der Waals surface area contributed by atoms with Crippen molar-refractivity contribution < 1.29 is 29.1 Å². The summed E-state index contributed by atoms with van der Waals surface area (Å²) in [5.41, 5.74) is 16.4. The number of carbonyl (C=O) groups excluding carboxylic acids is 2. The monoisotopic (exact) mass is 414 g/mol. The average molecular weight is 414 g/mol. The van der Waals surface area contributed by atoms with E-state index in [0.717, 1.165) is 0 Å². The van der Waals surface area contributed by atoms with E-state index in [1.807, 2.05) is 0 Å². The van der Waals surface area contributed by atoms with Gasteiger partial charge in [-0.15, -0.1) is 0 Å². The fourth-order valence-corrected chi connectivity index (χ4v) is 2.20. The van der Waals surface area contributed by atoms with Crippen molar-refractivity contribution in [2.24, 2.45) is 22.2 Å². The van der Waals surface area contributed by atoms with E-state index in [9.17, 15) is 14.4 Å². The quantitative estimate of drug-likeness (QED) is 0.111. The minimum absolute atomic E-state index is 0.0329. The molecular formula is C15H26N8O6. The minimum Gasteiger partial charge on any atom is -0.481 e. The summed E-state index contributed by atoms with van der Waals surface area (Å²) < 4.78 is 5.04. The van der Waals surface area contributed by atoms with Crippen molar-refractivity contribution in [2.75, 3.05) is 13.2 Å². The number of nitrogens with one attached hydrogen (secondary N) is 2. The Kier molecular flexibility index (Phi) is 9.47. The van der Waals surface area contributed by atoms with Gasteiger partial charge in [-0.2, -0.15) is 4.98 Å². The first-order valence-corrected chi connectivity index (χ1v) is 8.68. The Bertz CT molecular complexity index is 732. The lowest BCUT2D eigenvalue weighted by Crippen LogP contribution is -2.48. The third-order valence-corrected chi connectivity index (χ3v) is 3.72. The SMILES string of the molecule is CC(=O)[C@H](CO)NC(=O)N[C@@H](CC(=O)O)c1nc([C@@H](N)CCCN=C(N)N)no1. The molecule has 0 aliphatic rings. The molecule has 1 heterocycles. The van der Waals surface area contributed by atoms with Crippen LogP contribution in [0.4, 0.5) is 4.79 Å². The van der Waals surface area contributed by atoms with Crippen LogP contribution in [0.5, 0.6) is 0 Å². The van der Waals surface area contributed by atoms with Gasteiger partial charge in [-0.25, -0.2) is 4.79 Å². The molecule has 0 saturated heterocycles. The number of aliphatic carboxylic acids is 1. The number of carboxylic acid groups (broad SMARTS) is 1. The molecule has 3 atom stereocenters. The van der Waals surface area contributed by atoms with Crippen LogP contribution >= 0.6 is 0 Å². The molecule has 14 heteroatoms. The largest absolute Gasteiger partial charge is 0.481 e. The van der Waals surface area contributed by atoms with Crippen LogP contribution in [0.2, 0.25) is 0 Å². The minimum atomic E-state index is -1.23. The summed E-state index contributed by atoms with van der Waals surface area (Å²) in [6, 6.07) is -3.80. The lowest BCUT2D eigenvalue weighted by molar-refractivity contribution is -0.137. The predicted molar refractivity (Wildman–Crippen MR) is 99.4 cm³/mol. The van der Waals surface area contributed by atoms with Gasteiger partial charge in [0.15, 0.2) is 17.6 Å². The summed E-state index contributed by atoms with van der Waals surface area (Å²) in [6.45, 7) is 0.951. The molecule has 14 nitrogen and oxygen atoms in total. The first-order chi connectivity index (χ1) is 13.6. The van der Waals surface area contributed by atoms with Gasteiger partial charge in [0, 0.05) is 6.54 Å². The summed E-state index contributed by atoms with van der Waals surface area (Å²) in [7, 11) is 0. The number of nitrogens with zero attached hydrogens (tertiary/aromatic N) is 3. The van der Waals surface area contributed by atoms with E-state index in [1.165, 1.54) is 6.92 Å². The van der Waals surface area contributed by atoms with Gasteiger partial charge < -0.3 is 42.6 Å². The van der Waals surface area contributed by atoms with Gasteiger partial charge >= 0.3 is 12.0 Å². The van der Waals surface area contributed by atoms with Crippen molar-refractivity contribution in [3.05, 3.63) is 11.7 Å². The van der Waals surface area contributed by atoms with E-state index >= 15 is 0 Å². The number of nitrogens with two attached hydrogens (primary N) is 3. The second-order valence-corrected chi connectivity index (χ2v) is 6.16. The van der Waals surface area contributed by atoms with E-state index in [0.29, 0.717) is 19.4 Å². The lowest BCUT2D eigenvalue weighted by atomic mass is 10.1. The van der Waals surface area contributed by atoms with Crippen LogP contribution < -0.4 is 27.8 Å². The van der Waals surface area contributed by atoms with Crippen LogP contribution in [0.1, 0.15) is 50.0 Å². The average Bonchev–Trinajstić information content (AvgIpc) is 3.12. The number of aliphatic hydroxyl groups is 1. The van der Waals surface area contributed by atoms with Crippen molar-refractivity contribution in [1.29, 1.82) is 0 Å². The molecule has 0 bridgehead atoms. The van der Waals surface area contributed by atoms with Crippen molar-refractivity contribution in [1.82, 2.24) is 20.8 Å². The molecule has 162 valence electrons. The van der Waals surface area contributed by atoms with E-state index in [4.69, 9.17) is 31.9 Å². The summed E-state index contributed by atoms with van der Waals surface area (Å²) in [5.74, 6) is -1.78. The molecule has 0 spiro atoms. The maximum absolute atomic E-state index is 12.0. The third kappa shape index (κ3) is 8.52. The Morgan fingerprint density at radius 1 is 1.28 bits per heavy atom. The van der Waals surface area contributed by atoms with E-state index in [-0.39, 0.29) is 17.7 Å². The predicted octanol–water partition coefficient (Wildman–Crippen LogP) is -2.11. The van der Waals surface area contributed by atoms with Crippen molar-refractivity contribution in [3.8, 4) is 0 Å². The first-order valence-electron chi connectivity index (χ1n) is 8.68. The molecule has 0 aliphatic heterocycles. The smallest absolute Gasteiger partial charge is 0.316 e. The van der Waals surface area contributed by atoms with E-state index in [1.54, 1.807) is 0 Å². The van der Waals surface area contributed by atoms with Crippen molar-refractivity contribution >= 4 is 23.7 Å². The highest BCUT2D eigenvalue weighted by Crippen LogP contribution is 2.19. The first kappa shape index (κ1) is 23.8. The molecule has 0 unspecified atom stereocenters. The Morgan fingerprint density at radius 2 is 1.97 bits per heavy atom. The molecule has 29 heavy (non-hydrogen) atoms. The van der Waals surface area contributed by atoms with E-state index < -0.39 is 48.9 Å². The van der Waals surface area contributed by atoms with Crippen LogP contribution in [0.15, 0.2) is 9.52 Å². The number of Topliss-reactive ketones (excluding diaryl/α,β-unsaturated/α-hetero) is 1. The second-order valence-electron chi connectivity index (χ2n) is 6.16. The molecular weight excluding hydrogens is 388 g/mol. The summed E-state index contributed by atoms with van der Waals surface area (Å²) in [6.07, 6.45) is 0.429. The van der Waals surface area contributed by atoms with E-state index in [2.05, 4.69) is 25.8 Å². The van der Waals surface area contributed by atoms with Gasteiger partial charge in [-0.1, -0.05) is 5.16 Å². The summed E-state index contributed by atoms with van der Waals surface area (Å²) in [4.78, 5) is 42.3. The number of amides is 2. The van der Waals surface area contributed by atoms with Crippen LogP contribution in [0.25, 0.3) is 0 Å². The highest BCUT2D eigenvalue weighted by molar-refractivity contribution is 5.87. The van der Waals surface area contributed by atoms with Crippen LogP contribution in [0.3, 0.4) is 0 Å². The van der Waals surface area contributed by atoms with Crippen LogP contribution in [-0.2, 0) is 9.59 Å². The highest BCUT2D eigenvalue weighted by atomic mass is 16.5. The summed E-state index contributed by atoms with van der Waals surface area (Å²) in [5, 5.41) is 26.4. The molecule has 0 radical (unpaired) electrons. The maximum Gasteiger partial charge on any atom is 0.316 e. The molecule has 0 saturated carbocycles. The third-order valence-electron chi connectivity index (χ3n) is 3.72. The second kappa shape index (κ2) is 11.6. The Balaban J connectivity index is 2.78. The van der Waals surface area contributed by atoms with Gasteiger partial charge in [0.2, 0.25) is 5.89 Å². The standard InChI is InChI=1S/C15H26N8O6/c1-7(25)10(6-24)21-15(28)20-9(5-11(26)27)13-22-12(23-29-13)8(16)3-2-4-19-14(17)18/h8-10,24H,2-6,16H2,1H3,(H,26,27)(H4,17,18,19)(H2,20,21,28)/t8-,9-,10-/m0/s1. The molecule has 0 aliphatic carbocycles. The number of aliphatic imine (C=N–C) groups is 1. The zero-order chi connectivity index (χ0) is 22.0. The lowest BCUT2D eigenvalue weighted by Gasteiger charge is -2.17. The number of guanidine groups is 1. The molecule has 10 N–H and O–H groups in total. The number of carbonyl (C=O) groups is 3. The number of rotatable bonds is 12. The van der Waals surface area contributed by atoms with Gasteiger partial charge in [0.05, 0.1) is 19.1 Å². The Morgan fingerprint density at radius 3 is 2.52 bits per heavy atom. The Labute approximate surface area is 165 Å². The van der Waals surface area contributed by atoms with Crippen LogP contribution in [-0.4, -0.2) is 63.3 Å². The molecule has 1 aromatic heterocycles. The number of hydrogen-bond acceptors (Lipinski definition) is 9. The molecule has 0 fully saturated rings. The van der Waals surface area contributed by atoms with Gasteiger partial charge in [0.1, 0.15) is 12.1 Å².